The van der Waals surface area contributed by atoms with Gasteiger partial charge in [0.15, 0.2) is 0 Å². The summed E-state index contributed by atoms with van der Waals surface area (Å²) in [5.74, 6) is 0.973. The highest BCUT2D eigenvalue weighted by atomic mass is 16.5. The molecule has 7 heteroatoms. The van der Waals surface area contributed by atoms with Crippen LogP contribution in [-0.4, -0.2) is 32.2 Å². The molecule has 0 saturated heterocycles. The molecule has 0 aliphatic heterocycles. The van der Waals surface area contributed by atoms with Gasteiger partial charge in [-0.1, -0.05) is 10.4 Å². The van der Waals surface area contributed by atoms with Gasteiger partial charge in [0.2, 0.25) is 5.82 Å². The van der Waals surface area contributed by atoms with E-state index in [1.165, 1.54) is 0 Å². The van der Waals surface area contributed by atoms with Crippen molar-refractivity contribution in [3.63, 3.8) is 0 Å². The van der Waals surface area contributed by atoms with Crippen molar-refractivity contribution in [2.45, 2.75) is 19.4 Å². The van der Waals surface area contributed by atoms with Crippen LogP contribution in [0.3, 0.4) is 0 Å². The lowest BCUT2D eigenvalue weighted by molar-refractivity contribution is 0.00973. The molecule has 1 aromatic carbocycles. The van der Waals surface area contributed by atoms with Crippen LogP contribution in [0.1, 0.15) is 19.7 Å². The summed E-state index contributed by atoms with van der Waals surface area (Å²) >= 11 is 0. The van der Waals surface area contributed by atoms with Gasteiger partial charge in [0.1, 0.15) is 5.60 Å². The zero-order chi connectivity index (χ0) is 14.9. The summed E-state index contributed by atoms with van der Waals surface area (Å²) in [6.45, 7) is 3.77. The number of rotatable bonds is 4. The maximum atomic E-state index is 5.34. The van der Waals surface area contributed by atoms with Crippen LogP contribution in [-0.2, 0) is 10.3 Å². The smallest absolute Gasteiger partial charge is 0.258 e. The molecule has 2 aromatic heterocycles. The largest absolute Gasteiger partial charge is 0.371 e. The summed E-state index contributed by atoms with van der Waals surface area (Å²) in [7, 11) is 1.61. The SMILES string of the molecule is COC(C)(C)c1noc(-c2ccc(-n3ccnn3)cc2)n1. The molecule has 108 valence electrons. The third-order valence-electron chi connectivity index (χ3n) is 3.28. The third-order valence-corrected chi connectivity index (χ3v) is 3.28. The minimum atomic E-state index is -0.581. The first-order chi connectivity index (χ1) is 10.1. The summed E-state index contributed by atoms with van der Waals surface area (Å²) in [5.41, 5.74) is 1.17. The maximum absolute atomic E-state index is 5.34. The van der Waals surface area contributed by atoms with Crippen molar-refractivity contribution in [3.8, 4) is 17.1 Å². The van der Waals surface area contributed by atoms with E-state index >= 15 is 0 Å². The summed E-state index contributed by atoms with van der Waals surface area (Å²) in [5, 5.41) is 11.7. The second kappa shape index (κ2) is 5.10. The Hall–Kier alpha value is -2.54. The molecule has 7 nitrogen and oxygen atoms in total. The highest BCUT2D eigenvalue weighted by Gasteiger charge is 2.26. The van der Waals surface area contributed by atoms with Crippen LogP contribution < -0.4 is 0 Å². The molecule has 3 aromatic rings. The number of hydrogen-bond donors (Lipinski definition) is 0. The Bertz CT molecular complexity index is 716. The van der Waals surface area contributed by atoms with Gasteiger partial charge >= 0.3 is 0 Å². The fourth-order valence-electron chi connectivity index (χ4n) is 1.78. The zero-order valence-corrected chi connectivity index (χ0v) is 12.0. The molecule has 2 heterocycles. The fourth-order valence-corrected chi connectivity index (χ4v) is 1.78. The van der Waals surface area contributed by atoms with E-state index in [0.717, 1.165) is 11.3 Å². The Labute approximate surface area is 121 Å². The van der Waals surface area contributed by atoms with Crippen molar-refractivity contribution in [1.29, 1.82) is 0 Å². The van der Waals surface area contributed by atoms with E-state index in [-0.39, 0.29) is 0 Å². The molecular formula is C14H15N5O2. The monoisotopic (exact) mass is 285 g/mol. The normalized spacial score (nSPS) is 11.8. The average Bonchev–Trinajstić information content (AvgIpc) is 3.19. The maximum Gasteiger partial charge on any atom is 0.258 e. The van der Waals surface area contributed by atoms with Gasteiger partial charge in [0, 0.05) is 12.7 Å². The van der Waals surface area contributed by atoms with E-state index < -0.39 is 5.60 Å². The molecule has 0 atom stereocenters. The Balaban J connectivity index is 1.88. The number of hydrogen-bond acceptors (Lipinski definition) is 6. The van der Waals surface area contributed by atoms with Gasteiger partial charge < -0.3 is 9.26 Å². The summed E-state index contributed by atoms with van der Waals surface area (Å²) in [6.07, 6.45) is 3.41. The predicted molar refractivity (Wildman–Crippen MR) is 74.7 cm³/mol. The van der Waals surface area contributed by atoms with Crippen molar-refractivity contribution in [3.05, 3.63) is 42.5 Å². The zero-order valence-electron chi connectivity index (χ0n) is 12.0. The van der Waals surface area contributed by atoms with E-state index in [0.29, 0.717) is 11.7 Å². The minimum Gasteiger partial charge on any atom is -0.371 e. The van der Waals surface area contributed by atoms with E-state index in [4.69, 9.17) is 9.26 Å². The third kappa shape index (κ3) is 2.55. The standard InChI is InChI=1S/C14H15N5O2/c1-14(2,20-3)13-16-12(21-17-13)10-4-6-11(7-5-10)19-9-8-15-18-19/h4-9H,1-3H3. The molecule has 0 aliphatic carbocycles. The van der Waals surface area contributed by atoms with Crippen LogP contribution in [0.15, 0.2) is 41.2 Å². The van der Waals surface area contributed by atoms with Crippen molar-refractivity contribution in [1.82, 2.24) is 25.1 Å². The number of methoxy groups -OCH3 is 1. The summed E-state index contributed by atoms with van der Waals surface area (Å²) < 4.78 is 12.3. The first-order valence-corrected chi connectivity index (χ1v) is 6.46. The quantitative estimate of drug-likeness (QED) is 0.731. The van der Waals surface area contributed by atoms with Gasteiger partial charge in [0.05, 0.1) is 18.1 Å². The highest BCUT2D eigenvalue weighted by molar-refractivity contribution is 5.55. The van der Waals surface area contributed by atoms with Gasteiger partial charge in [-0.05, 0) is 38.1 Å². The molecule has 0 saturated carbocycles. The molecule has 0 fully saturated rings. The van der Waals surface area contributed by atoms with Crippen LogP contribution >= 0.6 is 0 Å². The molecular weight excluding hydrogens is 270 g/mol. The molecule has 0 amide bonds. The first-order valence-electron chi connectivity index (χ1n) is 6.46. The summed E-state index contributed by atoms with van der Waals surface area (Å²) in [6, 6.07) is 7.62. The molecule has 0 bridgehead atoms. The van der Waals surface area contributed by atoms with Gasteiger partial charge in [0.25, 0.3) is 5.89 Å². The fraction of sp³-hybridized carbons (Fsp3) is 0.286. The Morgan fingerprint density at radius 2 is 1.95 bits per heavy atom. The van der Waals surface area contributed by atoms with Gasteiger partial charge in [-0.2, -0.15) is 4.98 Å². The molecule has 0 N–H and O–H groups in total. The lowest BCUT2D eigenvalue weighted by atomic mass is 10.1. The Morgan fingerprint density at radius 1 is 1.19 bits per heavy atom. The number of ether oxygens (including phenoxy) is 1. The topological polar surface area (TPSA) is 78.9 Å². The van der Waals surface area contributed by atoms with Crippen molar-refractivity contribution in [2.75, 3.05) is 7.11 Å². The summed E-state index contributed by atoms with van der Waals surface area (Å²) in [4.78, 5) is 4.38. The van der Waals surface area contributed by atoms with E-state index in [2.05, 4.69) is 20.5 Å². The number of aromatic nitrogens is 5. The van der Waals surface area contributed by atoms with E-state index in [1.807, 2.05) is 38.1 Å². The predicted octanol–water partition coefficient (Wildman–Crippen LogP) is 2.20. The molecule has 3 rings (SSSR count). The van der Waals surface area contributed by atoms with E-state index in [1.54, 1.807) is 24.2 Å². The second-order valence-corrected chi connectivity index (χ2v) is 5.03. The molecule has 0 radical (unpaired) electrons. The van der Waals surface area contributed by atoms with Crippen LogP contribution in [0.25, 0.3) is 17.1 Å². The lowest BCUT2D eigenvalue weighted by Crippen LogP contribution is -2.21. The average molecular weight is 285 g/mol. The van der Waals surface area contributed by atoms with Gasteiger partial charge in [-0.25, -0.2) is 4.68 Å². The number of nitrogens with zero attached hydrogens (tertiary/aromatic N) is 5. The molecule has 0 unspecified atom stereocenters. The van der Waals surface area contributed by atoms with Crippen molar-refractivity contribution < 1.29 is 9.26 Å². The molecule has 0 spiro atoms. The second-order valence-electron chi connectivity index (χ2n) is 5.03. The molecule has 21 heavy (non-hydrogen) atoms. The first kappa shape index (κ1) is 13.4. The van der Waals surface area contributed by atoms with Crippen LogP contribution in [0.4, 0.5) is 0 Å². The van der Waals surface area contributed by atoms with Crippen LogP contribution in [0.5, 0.6) is 0 Å². The van der Waals surface area contributed by atoms with Crippen LogP contribution in [0, 0.1) is 0 Å². The highest BCUT2D eigenvalue weighted by Crippen LogP contribution is 2.25. The Kier molecular flexibility index (Phi) is 3.26. The molecule has 0 aliphatic rings. The number of benzene rings is 1. The minimum absolute atomic E-state index is 0.459. The Morgan fingerprint density at radius 3 is 2.57 bits per heavy atom. The van der Waals surface area contributed by atoms with Crippen molar-refractivity contribution in [2.24, 2.45) is 0 Å². The van der Waals surface area contributed by atoms with Gasteiger partial charge in [-0.3, -0.25) is 0 Å². The van der Waals surface area contributed by atoms with Crippen molar-refractivity contribution >= 4 is 0 Å². The van der Waals surface area contributed by atoms with Crippen LogP contribution in [0.2, 0.25) is 0 Å². The lowest BCUT2D eigenvalue weighted by Gasteiger charge is -2.17. The van der Waals surface area contributed by atoms with Gasteiger partial charge in [-0.15, -0.1) is 5.10 Å². The van der Waals surface area contributed by atoms with E-state index in [9.17, 15) is 0 Å².